The Morgan fingerprint density at radius 1 is 1.13 bits per heavy atom. The van der Waals surface area contributed by atoms with Crippen LogP contribution in [0.2, 0.25) is 0 Å². The van der Waals surface area contributed by atoms with Crippen molar-refractivity contribution >= 4 is 38.3 Å². The maximum Gasteiger partial charge on any atom is 0.278 e. The van der Waals surface area contributed by atoms with Crippen LogP contribution in [-0.2, 0) is 33.6 Å². The van der Waals surface area contributed by atoms with Crippen LogP contribution in [0.1, 0.15) is 33.6 Å². The highest BCUT2D eigenvalue weighted by atomic mass is 32.2. The molecule has 12 heteroatoms. The Labute approximate surface area is 222 Å². The second kappa shape index (κ2) is 9.62. The van der Waals surface area contributed by atoms with Gasteiger partial charge >= 0.3 is 0 Å². The molecule has 1 N–H and O–H groups in total. The maximum atomic E-state index is 14.4. The first-order chi connectivity index (χ1) is 18.7. The Hall–Kier alpha value is -4.03. The van der Waals surface area contributed by atoms with Gasteiger partial charge in [0, 0.05) is 36.3 Å². The van der Waals surface area contributed by atoms with Crippen LogP contribution < -0.4 is 10.2 Å². The van der Waals surface area contributed by atoms with Crippen LogP contribution in [0.15, 0.2) is 65.8 Å². The molecule has 200 valence electrons. The normalized spacial score (nSPS) is 17.6. The number of fused-ring (bicyclic) bond motifs is 3. The van der Waals surface area contributed by atoms with Gasteiger partial charge in [0.15, 0.2) is 9.84 Å². The Morgan fingerprint density at radius 2 is 2.00 bits per heavy atom. The van der Waals surface area contributed by atoms with Gasteiger partial charge in [-0.25, -0.2) is 27.2 Å². The Kier molecular flexibility index (Phi) is 6.23. The summed E-state index contributed by atoms with van der Waals surface area (Å²) in [5, 5.41) is 3.52. The first-order valence-corrected chi connectivity index (χ1v) is 13.9. The lowest BCUT2D eigenvalue weighted by Crippen LogP contribution is -2.34. The molecule has 2 aliphatic heterocycles. The van der Waals surface area contributed by atoms with Gasteiger partial charge in [-0.15, -0.1) is 0 Å². The molecule has 9 nitrogen and oxygen atoms in total. The molecule has 5 heterocycles. The van der Waals surface area contributed by atoms with Gasteiger partial charge in [-0.2, -0.15) is 0 Å². The van der Waals surface area contributed by atoms with Gasteiger partial charge in [-0.05, 0) is 48.0 Å². The summed E-state index contributed by atoms with van der Waals surface area (Å²) >= 11 is 0. The zero-order valence-electron chi connectivity index (χ0n) is 20.6. The highest BCUT2D eigenvalue weighted by molar-refractivity contribution is 7.91. The van der Waals surface area contributed by atoms with Crippen molar-refractivity contribution in [1.82, 2.24) is 20.3 Å². The number of aromatic nitrogens is 3. The fraction of sp³-hybridized carbons (Fsp3) is 0.259. The lowest BCUT2D eigenvalue weighted by Gasteiger charge is -2.33. The van der Waals surface area contributed by atoms with Crippen LogP contribution in [0.25, 0.3) is 10.9 Å². The topological polar surface area (TPSA) is 114 Å². The molecular formula is C27H23F2N5O4S. The van der Waals surface area contributed by atoms with Crippen molar-refractivity contribution in [2.75, 3.05) is 23.8 Å². The molecule has 0 saturated carbocycles. The fourth-order valence-electron chi connectivity index (χ4n) is 4.75. The zero-order valence-corrected chi connectivity index (χ0v) is 21.4. The van der Waals surface area contributed by atoms with Crippen molar-refractivity contribution in [2.24, 2.45) is 0 Å². The number of nitrogens with one attached hydrogen (secondary N) is 1. The van der Waals surface area contributed by atoms with Crippen LogP contribution in [-0.4, -0.2) is 48.2 Å². The van der Waals surface area contributed by atoms with Gasteiger partial charge < -0.3 is 15.0 Å². The number of hydrogen-bond donors (Lipinski definition) is 1. The van der Waals surface area contributed by atoms with E-state index >= 15 is 0 Å². The molecule has 6 rings (SSSR count). The predicted molar refractivity (Wildman–Crippen MR) is 139 cm³/mol. The van der Waals surface area contributed by atoms with Gasteiger partial charge in [0.2, 0.25) is 0 Å². The molecule has 0 atom stereocenters. The third kappa shape index (κ3) is 4.81. The largest absolute Gasteiger partial charge is 0.376 e. The number of benzene rings is 1. The van der Waals surface area contributed by atoms with Gasteiger partial charge in [0.25, 0.3) is 11.8 Å². The molecule has 4 aromatic rings. The second-order valence-electron chi connectivity index (χ2n) is 9.40. The smallest absolute Gasteiger partial charge is 0.278 e. The van der Waals surface area contributed by atoms with Gasteiger partial charge in [0.1, 0.15) is 11.6 Å². The van der Waals surface area contributed by atoms with E-state index in [0.717, 1.165) is 5.39 Å². The molecule has 1 aromatic carbocycles. The van der Waals surface area contributed by atoms with Crippen molar-refractivity contribution in [2.45, 2.75) is 30.4 Å². The summed E-state index contributed by atoms with van der Waals surface area (Å²) in [6.45, 7) is 0.420. The molecule has 0 bridgehead atoms. The van der Waals surface area contributed by atoms with E-state index in [1.807, 2.05) is 6.07 Å². The summed E-state index contributed by atoms with van der Waals surface area (Å²) in [6.07, 6.45) is 2.75. The summed E-state index contributed by atoms with van der Waals surface area (Å²) in [5.41, 5.74) is 1.72. The van der Waals surface area contributed by atoms with Crippen LogP contribution in [0, 0.1) is 0 Å². The molecule has 0 unspecified atom stereocenters. The highest BCUT2D eigenvalue weighted by Crippen LogP contribution is 2.43. The number of carbonyl (C=O) groups is 1. The summed E-state index contributed by atoms with van der Waals surface area (Å²) in [4.78, 5) is 27.9. The minimum atomic E-state index is -3.54. The van der Waals surface area contributed by atoms with Crippen molar-refractivity contribution in [3.8, 4) is 0 Å². The predicted octanol–water partition coefficient (Wildman–Crippen LogP) is 3.89. The number of amides is 1. The van der Waals surface area contributed by atoms with E-state index in [0.29, 0.717) is 22.6 Å². The zero-order chi connectivity index (χ0) is 27.2. The average molecular weight is 552 g/mol. The monoisotopic (exact) mass is 551 g/mol. The van der Waals surface area contributed by atoms with Crippen molar-refractivity contribution in [3.63, 3.8) is 0 Å². The number of alkyl halides is 2. The number of nitrogens with zero attached hydrogens (tertiary/aromatic N) is 4. The van der Waals surface area contributed by atoms with Crippen LogP contribution in [0.3, 0.4) is 0 Å². The van der Waals surface area contributed by atoms with E-state index in [1.54, 1.807) is 35.4 Å². The Morgan fingerprint density at radius 3 is 2.87 bits per heavy atom. The Balaban J connectivity index is 1.23. The van der Waals surface area contributed by atoms with Crippen molar-refractivity contribution < 1.29 is 26.7 Å². The summed E-state index contributed by atoms with van der Waals surface area (Å²) in [5.74, 6) is -2.88. The Bertz CT molecular complexity index is 1710. The lowest BCUT2D eigenvalue weighted by molar-refractivity contribution is -0.0147. The second-order valence-corrected chi connectivity index (χ2v) is 11.5. The summed E-state index contributed by atoms with van der Waals surface area (Å²) in [6, 6.07) is 12.7. The molecular weight excluding hydrogens is 528 g/mol. The number of anilines is 2. The molecule has 3 aromatic heterocycles. The number of rotatable bonds is 4. The van der Waals surface area contributed by atoms with Crippen molar-refractivity contribution in [1.29, 1.82) is 0 Å². The summed E-state index contributed by atoms with van der Waals surface area (Å²) in [7, 11) is -3.54. The minimum absolute atomic E-state index is 0.0616. The number of carbonyl (C=O) groups excluding carboxylic acids is 1. The third-order valence-corrected chi connectivity index (χ3v) is 8.58. The standard InChI is InChI=1S/C27H23F2N5O4S/c28-27(29)7-9-34(25-21(27)2-1-8-30-25)24-6-5-18-14-31-20(13-22(18)33-24)15-32-26(35)17-3-4-19-16-38-10-11-39(36,37)23(19)12-17/h1-6,8,12-14H,7,9-11,15-16H2,(H,32,35). The molecule has 39 heavy (non-hydrogen) atoms. The minimum Gasteiger partial charge on any atom is -0.376 e. The maximum absolute atomic E-state index is 14.4. The van der Waals surface area contributed by atoms with E-state index < -0.39 is 21.7 Å². The first-order valence-electron chi connectivity index (χ1n) is 12.3. The third-order valence-electron chi connectivity index (χ3n) is 6.83. The van der Waals surface area contributed by atoms with Gasteiger partial charge in [0.05, 0.1) is 47.2 Å². The number of hydrogen-bond acceptors (Lipinski definition) is 8. The molecule has 0 radical (unpaired) electrons. The molecule has 1 amide bonds. The fourth-order valence-corrected chi connectivity index (χ4v) is 6.14. The lowest BCUT2D eigenvalue weighted by atomic mass is 10.0. The number of ether oxygens (including phenoxy) is 1. The molecule has 0 saturated heterocycles. The summed E-state index contributed by atoms with van der Waals surface area (Å²) < 4.78 is 59.3. The van der Waals surface area contributed by atoms with Crippen LogP contribution >= 0.6 is 0 Å². The van der Waals surface area contributed by atoms with E-state index in [-0.39, 0.29) is 60.3 Å². The van der Waals surface area contributed by atoms with Crippen LogP contribution in [0.4, 0.5) is 20.4 Å². The van der Waals surface area contributed by atoms with Gasteiger partial charge in [-0.3, -0.25) is 9.78 Å². The van der Waals surface area contributed by atoms with E-state index in [9.17, 15) is 22.0 Å². The van der Waals surface area contributed by atoms with Gasteiger partial charge in [-0.1, -0.05) is 6.07 Å². The van der Waals surface area contributed by atoms with E-state index in [4.69, 9.17) is 4.74 Å². The number of halogens is 2. The molecule has 0 aliphatic carbocycles. The van der Waals surface area contributed by atoms with E-state index in [1.165, 1.54) is 24.4 Å². The van der Waals surface area contributed by atoms with E-state index in [2.05, 4.69) is 20.3 Å². The first kappa shape index (κ1) is 25.3. The SMILES string of the molecule is O=C(NCc1cc2nc(N3CCC(F)(F)c4cccnc43)ccc2cn1)c1ccc2c(c1)S(=O)(=O)CCOC2. The molecule has 0 spiro atoms. The quantitative estimate of drug-likeness (QED) is 0.406. The van der Waals surface area contributed by atoms with Crippen LogP contribution in [0.5, 0.6) is 0 Å². The average Bonchev–Trinajstić information content (AvgIpc) is 3.08. The molecule has 2 aliphatic rings. The highest BCUT2D eigenvalue weighted by Gasteiger charge is 2.41. The molecule has 0 fully saturated rings. The number of pyridine rings is 3. The number of sulfone groups is 1. The van der Waals surface area contributed by atoms with Crippen molar-refractivity contribution in [3.05, 3.63) is 83.3 Å².